The Kier molecular flexibility index (Phi) is 6.41. The molecular formula is C19H20F5N5O2. The van der Waals surface area contributed by atoms with E-state index in [1.54, 1.807) is 0 Å². The summed E-state index contributed by atoms with van der Waals surface area (Å²) in [6.07, 6.45) is -1.41. The van der Waals surface area contributed by atoms with Gasteiger partial charge in [-0.1, -0.05) is 6.07 Å². The molecule has 4 rings (SSSR count). The Labute approximate surface area is 173 Å². The zero-order chi connectivity index (χ0) is 22.8. The van der Waals surface area contributed by atoms with Crippen LogP contribution in [-0.4, -0.2) is 50.2 Å². The van der Waals surface area contributed by atoms with Gasteiger partial charge < -0.3 is 15.6 Å². The zero-order valence-corrected chi connectivity index (χ0v) is 16.4. The molecule has 0 spiro atoms. The molecule has 3 aromatic heterocycles. The van der Waals surface area contributed by atoms with Crippen LogP contribution in [0.2, 0.25) is 0 Å². The van der Waals surface area contributed by atoms with Crippen LogP contribution in [0.4, 0.5) is 27.9 Å². The first-order valence-electron chi connectivity index (χ1n) is 9.29. The Hall–Kier alpha value is -2.86. The van der Waals surface area contributed by atoms with E-state index < -0.39 is 23.2 Å². The number of hydrogen-bond donors (Lipinski definition) is 2. The minimum Gasteiger partial charge on any atom is -0.391 e. The summed E-state index contributed by atoms with van der Waals surface area (Å²) in [5.41, 5.74) is 1.52. The topological polar surface area (TPSA) is 98.6 Å². The van der Waals surface area contributed by atoms with Crippen LogP contribution in [0, 0.1) is 5.82 Å². The van der Waals surface area contributed by atoms with Crippen LogP contribution in [0.1, 0.15) is 25.3 Å². The molecule has 3 aromatic rings. The smallest absolute Gasteiger partial charge is 0.391 e. The molecule has 3 N–H and O–H groups in total. The van der Waals surface area contributed by atoms with Crippen LogP contribution in [0.25, 0.3) is 16.9 Å². The average molecular weight is 445 g/mol. The van der Waals surface area contributed by atoms with Crippen molar-refractivity contribution in [2.24, 2.45) is 0 Å². The average Bonchev–Trinajstić information content (AvgIpc) is 3.04. The molecule has 0 bridgehead atoms. The van der Waals surface area contributed by atoms with Crippen molar-refractivity contribution in [1.29, 1.82) is 0 Å². The van der Waals surface area contributed by atoms with E-state index in [4.69, 9.17) is 15.6 Å². The SMILES string of the molecule is CC(F)(c1ccc(-c2cc(F)c3cnc(N)nn23)nc1)C(F)(F)F.OC1CCCOC1. The Morgan fingerprint density at radius 3 is 2.45 bits per heavy atom. The van der Waals surface area contributed by atoms with Gasteiger partial charge in [0.05, 0.1) is 30.3 Å². The van der Waals surface area contributed by atoms with E-state index in [-0.39, 0.29) is 29.0 Å². The first-order chi connectivity index (χ1) is 14.5. The summed E-state index contributed by atoms with van der Waals surface area (Å²) in [5, 5.41) is 12.6. The van der Waals surface area contributed by atoms with Crippen molar-refractivity contribution in [2.75, 3.05) is 18.9 Å². The van der Waals surface area contributed by atoms with Crippen LogP contribution >= 0.6 is 0 Å². The van der Waals surface area contributed by atoms with Gasteiger partial charge in [0.2, 0.25) is 11.6 Å². The van der Waals surface area contributed by atoms with Crippen molar-refractivity contribution in [3.8, 4) is 11.4 Å². The van der Waals surface area contributed by atoms with Crippen molar-refractivity contribution in [2.45, 2.75) is 37.7 Å². The number of rotatable bonds is 2. The Morgan fingerprint density at radius 1 is 1.19 bits per heavy atom. The van der Waals surface area contributed by atoms with Crippen LogP contribution in [0.5, 0.6) is 0 Å². The van der Waals surface area contributed by atoms with Gasteiger partial charge in [0, 0.05) is 24.4 Å². The highest BCUT2D eigenvalue weighted by molar-refractivity contribution is 5.64. The molecule has 1 aliphatic rings. The van der Waals surface area contributed by atoms with Crippen molar-refractivity contribution < 1.29 is 31.8 Å². The highest BCUT2D eigenvalue weighted by atomic mass is 19.4. The summed E-state index contributed by atoms with van der Waals surface area (Å²) >= 11 is 0. The standard InChI is InChI=1S/C14H10F5N5.C5H10O2/c1-13(16,14(17,18)19)7-2-3-9(21-5-7)10-4-8(15)11-6-22-12(20)23-24(10)11;6-5-2-1-3-7-4-5/h2-6H,1H3,(H2,20,23);5-6H,1-4H2. The van der Waals surface area contributed by atoms with Crippen LogP contribution < -0.4 is 5.73 Å². The molecule has 0 amide bonds. The molecule has 4 heterocycles. The minimum absolute atomic E-state index is 0.0238. The molecule has 0 aliphatic carbocycles. The fourth-order valence-corrected chi connectivity index (χ4v) is 2.86. The molecule has 7 nitrogen and oxygen atoms in total. The monoisotopic (exact) mass is 445 g/mol. The summed E-state index contributed by atoms with van der Waals surface area (Å²) < 4.78 is 72.0. The fraction of sp³-hybridized carbons (Fsp3) is 0.421. The normalized spacial score (nSPS) is 18.9. The molecule has 2 atom stereocenters. The molecule has 168 valence electrons. The molecule has 0 saturated carbocycles. The third kappa shape index (κ3) is 4.90. The first-order valence-corrected chi connectivity index (χ1v) is 9.29. The maximum Gasteiger partial charge on any atom is 0.426 e. The van der Waals surface area contributed by atoms with E-state index >= 15 is 0 Å². The number of nitrogens with two attached hydrogens (primary N) is 1. The van der Waals surface area contributed by atoms with Gasteiger partial charge >= 0.3 is 6.18 Å². The van der Waals surface area contributed by atoms with E-state index in [9.17, 15) is 22.0 Å². The number of fused-ring (bicyclic) bond motifs is 1. The number of nitrogens with zero attached hydrogens (tertiary/aromatic N) is 4. The van der Waals surface area contributed by atoms with E-state index in [0.29, 0.717) is 13.5 Å². The summed E-state index contributed by atoms with van der Waals surface area (Å²) in [7, 11) is 0. The van der Waals surface area contributed by atoms with Gasteiger partial charge in [0.15, 0.2) is 5.82 Å². The second kappa shape index (κ2) is 8.71. The highest BCUT2D eigenvalue weighted by Crippen LogP contribution is 2.42. The Bertz CT molecular complexity index is 1030. The van der Waals surface area contributed by atoms with Crippen molar-refractivity contribution >= 4 is 11.5 Å². The fourth-order valence-electron chi connectivity index (χ4n) is 2.86. The molecule has 1 aliphatic heterocycles. The summed E-state index contributed by atoms with van der Waals surface area (Å²) in [6, 6.07) is 3.18. The predicted molar refractivity (Wildman–Crippen MR) is 101 cm³/mol. The number of halogens is 5. The number of pyridine rings is 1. The Balaban J connectivity index is 0.000000330. The third-order valence-corrected chi connectivity index (χ3v) is 4.72. The molecule has 0 radical (unpaired) electrons. The lowest BCUT2D eigenvalue weighted by Gasteiger charge is -2.23. The number of nitrogen functional groups attached to an aromatic ring is 1. The largest absolute Gasteiger partial charge is 0.426 e. The van der Waals surface area contributed by atoms with Crippen molar-refractivity contribution in [3.05, 3.63) is 42.0 Å². The number of anilines is 1. The lowest BCUT2D eigenvalue weighted by molar-refractivity contribution is -0.228. The number of ether oxygens (including phenoxy) is 1. The second-order valence-corrected chi connectivity index (χ2v) is 7.09. The second-order valence-electron chi connectivity index (χ2n) is 7.09. The lowest BCUT2D eigenvalue weighted by Crippen LogP contribution is -2.35. The van der Waals surface area contributed by atoms with Gasteiger partial charge in [-0.05, 0) is 25.8 Å². The molecule has 1 saturated heterocycles. The number of aliphatic hydroxyl groups is 1. The number of hydrogen-bond acceptors (Lipinski definition) is 6. The summed E-state index contributed by atoms with van der Waals surface area (Å²) in [6.45, 7) is 1.78. The van der Waals surface area contributed by atoms with Gasteiger partial charge in [-0.2, -0.15) is 13.2 Å². The van der Waals surface area contributed by atoms with Gasteiger partial charge in [-0.3, -0.25) is 4.98 Å². The predicted octanol–water partition coefficient (Wildman–Crippen LogP) is 3.42. The Morgan fingerprint density at radius 2 is 1.94 bits per heavy atom. The molecule has 0 aromatic carbocycles. The highest BCUT2D eigenvalue weighted by Gasteiger charge is 2.53. The van der Waals surface area contributed by atoms with Crippen molar-refractivity contribution in [3.63, 3.8) is 0 Å². The summed E-state index contributed by atoms with van der Waals surface area (Å²) in [5.74, 6) is -0.772. The van der Waals surface area contributed by atoms with Crippen LogP contribution in [-0.2, 0) is 10.4 Å². The van der Waals surface area contributed by atoms with Crippen LogP contribution in [0.3, 0.4) is 0 Å². The van der Waals surface area contributed by atoms with Gasteiger partial charge in [-0.25, -0.2) is 18.3 Å². The van der Waals surface area contributed by atoms with E-state index in [1.165, 1.54) is 0 Å². The quantitative estimate of drug-likeness (QED) is 0.587. The molecule has 12 heteroatoms. The maximum atomic E-state index is 13.9. The van der Waals surface area contributed by atoms with E-state index in [2.05, 4.69) is 15.1 Å². The minimum atomic E-state index is -5.08. The van der Waals surface area contributed by atoms with Crippen LogP contribution in [0.15, 0.2) is 30.6 Å². The number of aliphatic hydroxyl groups excluding tert-OH is 1. The van der Waals surface area contributed by atoms with Gasteiger partial charge in [-0.15, -0.1) is 5.10 Å². The summed E-state index contributed by atoms with van der Waals surface area (Å²) in [4.78, 5) is 7.45. The van der Waals surface area contributed by atoms with E-state index in [1.807, 2.05) is 0 Å². The lowest BCUT2D eigenvalue weighted by atomic mass is 9.99. The van der Waals surface area contributed by atoms with E-state index in [0.717, 1.165) is 54.6 Å². The van der Waals surface area contributed by atoms with Gasteiger partial charge in [0.25, 0.3) is 0 Å². The number of aromatic nitrogens is 4. The van der Waals surface area contributed by atoms with Crippen molar-refractivity contribution in [1.82, 2.24) is 19.6 Å². The first kappa shape index (κ1) is 22.8. The molecule has 1 fully saturated rings. The molecule has 2 unspecified atom stereocenters. The maximum absolute atomic E-state index is 13.9. The third-order valence-electron chi connectivity index (χ3n) is 4.72. The van der Waals surface area contributed by atoms with Gasteiger partial charge in [0.1, 0.15) is 5.52 Å². The molecule has 31 heavy (non-hydrogen) atoms. The molecular weight excluding hydrogens is 425 g/mol. The zero-order valence-electron chi connectivity index (χ0n) is 16.4. The number of alkyl halides is 4.